The second kappa shape index (κ2) is 8.01. The molecule has 1 aromatic heterocycles. The van der Waals surface area contributed by atoms with Crippen molar-refractivity contribution in [2.24, 2.45) is 0 Å². The van der Waals surface area contributed by atoms with Crippen LogP contribution in [0.2, 0.25) is 0 Å². The number of esters is 1. The summed E-state index contributed by atoms with van der Waals surface area (Å²) in [5.74, 6) is 0.960. The number of hydrogen-bond acceptors (Lipinski definition) is 6. The molecule has 0 saturated carbocycles. The van der Waals surface area contributed by atoms with Gasteiger partial charge in [0, 0.05) is 0 Å². The lowest BCUT2D eigenvalue weighted by molar-refractivity contribution is -0.148. The maximum Gasteiger partial charge on any atom is 0.348 e. The first-order chi connectivity index (χ1) is 12.5. The number of halogens is 1. The highest BCUT2D eigenvalue weighted by Crippen LogP contribution is 2.24. The Morgan fingerprint density at radius 1 is 1.12 bits per heavy atom. The molecule has 1 heterocycles. The fraction of sp³-hybridized carbons (Fsp3) is 0.211. The van der Waals surface area contributed by atoms with E-state index in [1.54, 1.807) is 37.4 Å². The van der Waals surface area contributed by atoms with Crippen LogP contribution < -0.4 is 9.47 Å². The van der Waals surface area contributed by atoms with Gasteiger partial charge in [-0.15, -0.1) is 0 Å². The molecule has 7 heteroatoms. The smallest absolute Gasteiger partial charge is 0.348 e. The van der Waals surface area contributed by atoms with E-state index in [4.69, 9.17) is 21.1 Å². The molecule has 3 rings (SSSR count). The molecule has 0 radical (unpaired) electrons. The third-order valence-electron chi connectivity index (χ3n) is 3.56. The summed E-state index contributed by atoms with van der Waals surface area (Å²) in [5, 5.41) is 0. The molecular formula is C19H17ClN2O4. The van der Waals surface area contributed by atoms with E-state index in [0.29, 0.717) is 17.4 Å². The molecule has 0 aliphatic heterocycles. The van der Waals surface area contributed by atoms with Gasteiger partial charge in [-0.2, -0.15) is 0 Å². The number of rotatable bonds is 6. The molecule has 1 unspecified atom stereocenters. The highest BCUT2D eigenvalue weighted by Gasteiger charge is 2.15. The summed E-state index contributed by atoms with van der Waals surface area (Å²) >= 11 is 5.36. The second-order valence-corrected chi connectivity index (χ2v) is 5.82. The van der Waals surface area contributed by atoms with Crippen molar-refractivity contribution < 1.29 is 19.0 Å². The zero-order valence-corrected chi connectivity index (χ0v) is 15.1. The number of nitrogens with zero attached hydrogens (tertiary/aromatic N) is 2. The van der Waals surface area contributed by atoms with Gasteiger partial charge in [-0.1, -0.05) is 17.7 Å². The minimum atomic E-state index is -0.754. The molecule has 3 aromatic rings. The molecule has 0 N–H and O–H groups in total. The van der Waals surface area contributed by atoms with Crippen LogP contribution in [0, 0.1) is 6.92 Å². The largest absolute Gasteiger partial charge is 0.479 e. The third kappa shape index (κ3) is 4.40. The van der Waals surface area contributed by atoms with E-state index in [0.717, 1.165) is 16.6 Å². The van der Waals surface area contributed by atoms with E-state index in [2.05, 4.69) is 14.7 Å². The Bertz CT molecular complexity index is 915. The number of carbonyl (C=O) groups is 1. The summed E-state index contributed by atoms with van der Waals surface area (Å²) in [7, 11) is 0. The Labute approximate surface area is 155 Å². The van der Waals surface area contributed by atoms with Crippen molar-refractivity contribution in [3.05, 3.63) is 54.2 Å². The number of benzene rings is 2. The second-order valence-electron chi connectivity index (χ2n) is 5.61. The summed E-state index contributed by atoms with van der Waals surface area (Å²) in [6, 6.07) is 12.5. The van der Waals surface area contributed by atoms with E-state index in [9.17, 15) is 4.79 Å². The van der Waals surface area contributed by atoms with Crippen LogP contribution in [0.3, 0.4) is 0 Å². The SMILES string of the molecule is Cc1ccc2nc(Oc3ccc(OC(C)C(=O)OCCl)cc3)cnc2c1. The molecule has 134 valence electrons. The van der Waals surface area contributed by atoms with Crippen LogP contribution in [0.5, 0.6) is 17.4 Å². The first kappa shape index (κ1) is 17.9. The number of aromatic nitrogens is 2. The van der Waals surface area contributed by atoms with E-state index in [1.807, 2.05) is 25.1 Å². The molecule has 0 fully saturated rings. The molecule has 6 nitrogen and oxygen atoms in total. The Morgan fingerprint density at radius 2 is 1.85 bits per heavy atom. The minimum Gasteiger partial charge on any atom is -0.479 e. The molecule has 0 bridgehead atoms. The van der Waals surface area contributed by atoms with Crippen molar-refractivity contribution in [3.63, 3.8) is 0 Å². The number of fused-ring (bicyclic) bond motifs is 1. The lowest BCUT2D eigenvalue weighted by Crippen LogP contribution is -2.25. The van der Waals surface area contributed by atoms with Crippen molar-refractivity contribution in [1.82, 2.24) is 9.97 Å². The van der Waals surface area contributed by atoms with Gasteiger partial charge in [0.2, 0.25) is 5.88 Å². The summed E-state index contributed by atoms with van der Waals surface area (Å²) in [5.41, 5.74) is 2.71. The number of carbonyl (C=O) groups excluding carboxylic acids is 1. The highest BCUT2D eigenvalue weighted by atomic mass is 35.5. The molecule has 0 aliphatic rings. The van der Waals surface area contributed by atoms with Gasteiger partial charge in [0.25, 0.3) is 0 Å². The zero-order valence-electron chi connectivity index (χ0n) is 14.3. The van der Waals surface area contributed by atoms with Crippen molar-refractivity contribution in [3.8, 4) is 17.4 Å². The van der Waals surface area contributed by atoms with Gasteiger partial charge in [0.05, 0.1) is 17.2 Å². The minimum absolute atomic E-state index is 0.203. The summed E-state index contributed by atoms with van der Waals surface area (Å²) in [4.78, 5) is 20.3. The Morgan fingerprint density at radius 3 is 2.58 bits per heavy atom. The standard InChI is InChI=1S/C19H17ClN2O4/c1-12-3-8-16-17(9-12)21-10-18(22-16)26-15-6-4-14(5-7-15)25-13(2)19(23)24-11-20/h3-10,13H,11H2,1-2H3. The average Bonchev–Trinajstić information content (AvgIpc) is 2.63. The molecule has 26 heavy (non-hydrogen) atoms. The van der Waals surface area contributed by atoms with Gasteiger partial charge in [-0.05, 0) is 55.8 Å². The normalized spacial score (nSPS) is 11.8. The maximum atomic E-state index is 11.5. The van der Waals surface area contributed by atoms with Crippen molar-refractivity contribution >= 4 is 28.6 Å². The molecule has 0 saturated heterocycles. The van der Waals surface area contributed by atoms with Crippen LogP contribution >= 0.6 is 11.6 Å². The van der Waals surface area contributed by atoms with Gasteiger partial charge >= 0.3 is 5.97 Å². The molecular weight excluding hydrogens is 356 g/mol. The van der Waals surface area contributed by atoms with Gasteiger partial charge < -0.3 is 14.2 Å². The van der Waals surface area contributed by atoms with Gasteiger partial charge in [-0.3, -0.25) is 0 Å². The van der Waals surface area contributed by atoms with Gasteiger partial charge in [0.15, 0.2) is 12.2 Å². The average molecular weight is 373 g/mol. The van der Waals surface area contributed by atoms with Crippen LogP contribution in [0.4, 0.5) is 0 Å². The zero-order chi connectivity index (χ0) is 18.5. The van der Waals surface area contributed by atoms with Crippen LogP contribution in [-0.2, 0) is 9.53 Å². The summed E-state index contributed by atoms with van der Waals surface area (Å²) in [6.07, 6.45) is 0.825. The van der Waals surface area contributed by atoms with Crippen LogP contribution in [0.15, 0.2) is 48.7 Å². The number of aryl methyl sites for hydroxylation is 1. The van der Waals surface area contributed by atoms with Gasteiger partial charge in [-0.25, -0.2) is 14.8 Å². The van der Waals surface area contributed by atoms with E-state index >= 15 is 0 Å². The first-order valence-corrected chi connectivity index (χ1v) is 8.49. The van der Waals surface area contributed by atoms with Crippen molar-refractivity contribution in [2.75, 3.05) is 6.07 Å². The molecule has 2 aromatic carbocycles. The third-order valence-corrected chi connectivity index (χ3v) is 3.67. The quantitative estimate of drug-likeness (QED) is 0.476. The fourth-order valence-corrected chi connectivity index (χ4v) is 2.39. The van der Waals surface area contributed by atoms with E-state index in [-0.39, 0.29) is 6.07 Å². The fourth-order valence-electron chi connectivity index (χ4n) is 2.28. The van der Waals surface area contributed by atoms with Crippen LogP contribution in [0.1, 0.15) is 12.5 Å². The predicted molar refractivity (Wildman–Crippen MR) is 97.7 cm³/mol. The number of alkyl halides is 1. The molecule has 0 amide bonds. The lowest BCUT2D eigenvalue weighted by Gasteiger charge is -2.13. The lowest BCUT2D eigenvalue weighted by atomic mass is 10.2. The van der Waals surface area contributed by atoms with Crippen molar-refractivity contribution in [1.29, 1.82) is 0 Å². The monoisotopic (exact) mass is 372 g/mol. The van der Waals surface area contributed by atoms with Crippen LogP contribution in [0.25, 0.3) is 11.0 Å². The Balaban J connectivity index is 1.67. The summed E-state index contributed by atoms with van der Waals surface area (Å²) < 4.78 is 15.9. The predicted octanol–water partition coefficient (Wildman–Crippen LogP) is 4.24. The molecule has 1 atom stereocenters. The highest BCUT2D eigenvalue weighted by molar-refractivity contribution is 6.17. The van der Waals surface area contributed by atoms with Crippen molar-refractivity contribution in [2.45, 2.75) is 20.0 Å². The van der Waals surface area contributed by atoms with E-state index in [1.165, 1.54) is 0 Å². The molecule has 0 aliphatic carbocycles. The van der Waals surface area contributed by atoms with Crippen LogP contribution in [-0.4, -0.2) is 28.1 Å². The maximum absolute atomic E-state index is 11.5. The summed E-state index contributed by atoms with van der Waals surface area (Å²) in [6.45, 7) is 3.59. The first-order valence-electron chi connectivity index (χ1n) is 7.96. The molecule has 0 spiro atoms. The van der Waals surface area contributed by atoms with E-state index < -0.39 is 12.1 Å². The number of ether oxygens (including phenoxy) is 3. The number of hydrogen-bond donors (Lipinski definition) is 0. The topological polar surface area (TPSA) is 70.5 Å². The Kier molecular flexibility index (Phi) is 5.53. The van der Waals surface area contributed by atoms with Gasteiger partial charge in [0.1, 0.15) is 11.5 Å². The Hall–Kier alpha value is -2.86.